The molecule has 0 amide bonds. The van der Waals surface area contributed by atoms with E-state index in [0.29, 0.717) is 0 Å². The zero-order valence-electron chi connectivity index (χ0n) is 8.53. The van der Waals surface area contributed by atoms with E-state index >= 15 is 0 Å². The van der Waals surface area contributed by atoms with Gasteiger partial charge < -0.3 is 16.7 Å². The Bertz CT molecular complexity index is 108. The Morgan fingerprint density at radius 2 is 1.11 bits per heavy atom. The Morgan fingerprint density at radius 1 is 1.11 bits per heavy atom. The third-order valence-electron chi connectivity index (χ3n) is 0. The van der Waals surface area contributed by atoms with Gasteiger partial charge in [-0.2, -0.15) is 8.42 Å². The van der Waals surface area contributed by atoms with Crippen molar-refractivity contribution in [2.45, 2.75) is 0 Å². The summed E-state index contributed by atoms with van der Waals surface area (Å²) in [5, 5.41) is 0. The van der Waals surface area contributed by atoms with E-state index in [1.807, 2.05) is 0 Å². The molecule has 0 fully saturated rings. The number of hydrogen-bond acceptors (Lipinski definition) is 2. The maximum Gasteiger partial charge on any atom is 2.00 e. The Labute approximate surface area is 104 Å². The molecule has 6 N–H and O–H groups in total. The first-order valence-corrected chi connectivity index (χ1v) is 2.10. The van der Waals surface area contributed by atoms with Gasteiger partial charge in [0.15, 0.2) is 0 Å². The van der Waals surface area contributed by atoms with E-state index in [2.05, 4.69) is 0 Å². The summed E-state index contributed by atoms with van der Waals surface area (Å²) in [4.78, 5) is 0. The van der Waals surface area contributed by atoms with Gasteiger partial charge in [-0.1, -0.05) is 0 Å². The van der Waals surface area contributed by atoms with Gasteiger partial charge in [0.25, 0.3) is 0 Å². The van der Waals surface area contributed by atoms with Crippen molar-refractivity contribution in [2.75, 3.05) is 0 Å². The summed E-state index contributed by atoms with van der Waals surface area (Å²) in [6.07, 6.45) is 0. The SMILES string of the molecule is O.O.O=S(=O)(O)O.[Ca+2].[H-].[H-].[H-].[H-].[Mg+2]. The maximum absolute atomic E-state index is 8.74. The molecule has 0 radical (unpaired) electrons. The fraction of sp³-hybridized carbons (Fsp3) is 0. The third-order valence-corrected chi connectivity index (χ3v) is 0. The third kappa shape index (κ3) is 182. The van der Waals surface area contributed by atoms with E-state index in [4.69, 9.17) is 17.5 Å². The van der Waals surface area contributed by atoms with Gasteiger partial charge in [-0.25, -0.2) is 0 Å². The molecule has 0 bridgehead atoms. The minimum absolute atomic E-state index is 0. The second kappa shape index (κ2) is 12.5. The predicted molar refractivity (Wildman–Crippen MR) is 37.4 cm³/mol. The van der Waals surface area contributed by atoms with Gasteiger partial charge in [0.1, 0.15) is 0 Å². The van der Waals surface area contributed by atoms with Crippen molar-refractivity contribution >= 4 is 71.2 Å². The van der Waals surface area contributed by atoms with Crippen LogP contribution >= 0.6 is 0 Å². The molecule has 0 aliphatic carbocycles. The summed E-state index contributed by atoms with van der Waals surface area (Å²) in [6, 6.07) is 0. The molecule has 0 atom stereocenters. The fourth-order valence-corrected chi connectivity index (χ4v) is 0. The van der Waals surface area contributed by atoms with Gasteiger partial charge in [-0.3, -0.25) is 9.11 Å². The molecule has 9 heavy (non-hydrogen) atoms. The zero-order valence-corrected chi connectivity index (χ0v) is 8.97. The molecule has 0 aliphatic heterocycles. The standard InChI is InChI=1S/Ca.Mg.H2O4S.2H2O.4H/c;;1-5(2,3)4;;;;;;/h;;(H2,1,2,3,4);2*1H2;;;;/q2*+2;;;;4*-1. The molecule has 0 saturated carbocycles. The van der Waals surface area contributed by atoms with Crippen LogP contribution in [-0.4, -0.2) is 89.3 Å². The van der Waals surface area contributed by atoms with Crippen LogP contribution in [0.3, 0.4) is 0 Å². The Kier molecular flexibility index (Phi) is 42.8. The van der Waals surface area contributed by atoms with E-state index in [1.54, 1.807) is 0 Å². The van der Waals surface area contributed by atoms with Crippen molar-refractivity contribution in [1.29, 1.82) is 0 Å². The normalized spacial score (nSPS) is 6.44. The minimum atomic E-state index is -4.67. The minimum Gasteiger partial charge on any atom is -1.00 e. The van der Waals surface area contributed by atoms with Crippen LogP contribution in [0.4, 0.5) is 0 Å². The molecule has 0 saturated heterocycles. The molecular formula is H10CaMgO6S. The fourth-order valence-electron chi connectivity index (χ4n) is 0. The molecule has 56 valence electrons. The largest absolute Gasteiger partial charge is 2.00 e. The molecule has 0 aromatic rings. The molecule has 0 unspecified atom stereocenters. The van der Waals surface area contributed by atoms with Crippen molar-refractivity contribution in [3.63, 3.8) is 0 Å². The van der Waals surface area contributed by atoms with Gasteiger partial charge in [-0.15, -0.1) is 0 Å². The van der Waals surface area contributed by atoms with Crippen LogP contribution in [0.2, 0.25) is 0 Å². The van der Waals surface area contributed by atoms with Crippen molar-refractivity contribution in [3.8, 4) is 0 Å². The van der Waals surface area contributed by atoms with Crippen LogP contribution in [0.5, 0.6) is 0 Å². The molecule has 0 aromatic carbocycles. The molecule has 0 aromatic heterocycles. The number of hydrogen-bond donors (Lipinski definition) is 2. The molecule has 0 heterocycles. The van der Waals surface area contributed by atoms with Crippen molar-refractivity contribution in [1.82, 2.24) is 0 Å². The first kappa shape index (κ1) is 30.8. The summed E-state index contributed by atoms with van der Waals surface area (Å²) >= 11 is 0. The monoisotopic (exact) mass is 202 g/mol. The van der Waals surface area contributed by atoms with Crippen LogP contribution in [0.1, 0.15) is 5.71 Å². The zero-order chi connectivity index (χ0) is 4.50. The maximum atomic E-state index is 8.74. The van der Waals surface area contributed by atoms with Crippen LogP contribution < -0.4 is 0 Å². The van der Waals surface area contributed by atoms with Crippen molar-refractivity contribution in [3.05, 3.63) is 0 Å². The smallest absolute Gasteiger partial charge is 1.00 e. The van der Waals surface area contributed by atoms with E-state index in [-0.39, 0.29) is 77.4 Å². The van der Waals surface area contributed by atoms with E-state index in [1.165, 1.54) is 0 Å². The van der Waals surface area contributed by atoms with Gasteiger partial charge in [0.05, 0.1) is 0 Å². The molecule has 0 aliphatic rings. The summed E-state index contributed by atoms with van der Waals surface area (Å²) in [7, 11) is -4.67. The predicted octanol–water partition coefficient (Wildman–Crippen LogP) is -2.61. The van der Waals surface area contributed by atoms with Crippen molar-refractivity contribution < 1.29 is 34.2 Å². The van der Waals surface area contributed by atoms with Gasteiger partial charge in [-0.05, 0) is 0 Å². The Balaban J connectivity index is -0.00000000286. The van der Waals surface area contributed by atoms with E-state index in [0.717, 1.165) is 0 Å². The molecular weight excluding hydrogens is 192 g/mol. The van der Waals surface area contributed by atoms with Crippen LogP contribution in [0, 0.1) is 0 Å². The van der Waals surface area contributed by atoms with Gasteiger partial charge in [0, 0.05) is 0 Å². The first-order valence-electron chi connectivity index (χ1n) is 0.698. The molecule has 6 nitrogen and oxygen atoms in total. The molecule has 0 rings (SSSR count). The average molecular weight is 203 g/mol. The summed E-state index contributed by atoms with van der Waals surface area (Å²) in [5.74, 6) is 0. The first-order chi connectivity index (χ1) is 2.00. The summed E-state index contributed by atoms with van der Waals surface area (Å²) < 4.78 is 31.6. The van der Waals surface area contributed by atoms with Gasteiger partial charge in [0.2, 0.25) is 0 Å². The Hall–Kier alpha value is 1.82. The topological polar surface area (TPSA) is 138 Å². The second-order valence-electron chi connectivity index (χ2n) is 0.448. The van der Waals surface area contributed by atoms with Crippen LogP contribution in [-0.2, 0) is 10.4 Å². The molecule has 9 heteroatoms. The molecule has 0 spiro atoms. The summed E-state index contributed by atoms with van der Waals surface area (Å²) in [5.41, 5.74) is 0. The summed E-state index contributed by atoms with van der Waals surface area (Å²) in [6.45, 7) is 0. The van der Waals surface area contributed by atoms with Crippen LogP contribution in [0.25, 0.3) is 0 Å². The quantitative estimate of drug-likeness (QED) is 0.328. The average Bonchev–Trinajstić information content (AvgIpc) is 0.722. The van der Waals surface area contributed by atoms with Crippen LogP contribution in [0.15, 0.2) is 0 Å². The van der Waals surface area contributed by atoms with Crippen molar-refractivity contribution in [2.24, 2.45) is 0 Å². The number of rotatable bonds is 0. The van der Waals surface area contributed by atoms with Gasteiger partial charge >= 0.3 is 71.2 Å². The van der Waals surface area contributed by atoms with E-state index in [9.17, 15) is 0 Å². The van der Waals surface area contributed by atoms with E-state index < -0.39 is 10.4 Å². The Morgan fingerprint density at radius 3 is 1.11 bits per heavy atom. The second-order valence-corrected chi connectivity index (χ2v) is 1.34.